The molecule has 1 amide bonds. The number of carbonyl (C=O) groups is 1. The predicted octanol–water partition coefficient (Wildman–Crippen LogP) is 2.79. The SMILES string of the molecule is N[C@@H](CC(=O)NCc1nc2ccccc2[nH]1)Cc1ccc(Cl)cc1. The van der Waals surface area contributed by atoms with Gasteiger partial charge in [-0.3, -0.25) is 4.79 Å². The fourth-order valence-corrected chi connectivity index (χ4v) is 2.70. The molecule has 0 aliphatic heterocycles. The van der Waals surface area contributed by atoms with E-state index in [4.69, 9.17) is 17.3 Å². The van der Waals surface area contributed by atoms with E-state index < -0.39 is 0 Å². The third-order valence-corrected chi connectivity index (χ3v) is 4.00. The van der Waals surface area contributed by atoms with Crippen molar-refractivity contribution in [2.45, 2.75) is 25.4 Å². The number of amides is 1. The van der Waals surface area contributed by atoms with Gasteiger partial charge in [-0.05, 0) is 36.2 Å². The Morgan fingerprint density at radius 1 is 1.21 bits per heavy atom. The van der Waals surface area contributed by atoms with E-state index in [1.54, 1.807) is 0 Å². The number of para-hydroxylation sites is 2. The van der Waals surface area contributed by atoms with E-state index in [-0.39, 0.29) is 18.4 Å². The van der Waals surface area contributed by atoms with Crippen LogP contribution in [0.3, 0.4) is 0 Å². The first-order valence-corrected chi connectivity index (χ1v) is 8.18. The summed E-state index contributed by atoms with van der Waals surface area (Å²) in [4.78, 5) is 19.6. The van der Waals surface area contributed by atoms with Crippen LogP contribution in [0.4, 0.5) is 0 Å². The van der Waals surface area contributed by atoms with E-state index in [2.05, 4.69) is 15.3 Å². The molecule has 24 heavy (non-hydrogen) atoms. The van der Waals surface area contributed by atoms with Crippen LogP contribution in [0.5, 0.6) is 0 Å². The van der Waals surface area contributed by atoms with Crippen LogP contribution in [0.15, 0.2) is 48.5 Å². The molecule has 0 aliphatic carbocycles. The van der Waals surface area contributed by atoms with E-state index in [1.807, 2.05) is 48.5 Å². The first-order chi connectivity index (χ1) is 11.6. The number of nitrogens with zero attached hydrogens (tertiary/aromatic N) is 1. The summed E-state index contributed by atoms with van der Waals surface area (Å²) in [5.74, 6) is 0.646. The minimum absolute atomic E-state index is 0.0862. The van der Waals surface area contributed by atoms with Crippen molar-refractivity contribution in [2.75, 3.05) is 0 Å². The van der Waals surface area contributed by atoms with Gasteiger partial charge in [0.05, 0.1) is 17.6 Å². The third-order valence-electron chi connectivity index (χ3n) is 3.75. The van der Waals surface area contributed by atoms with Gasteiger partial charge in [0.25, 0.3) is 0 Å². The summed E-state index contributed by atoms with van der Waals surface area (Å²) in [6.45, 7) is 0.362. The van der Waals surface area contributed by atoms with Crippen LogP contribution in [0.1, 0.15) is 17.8 Å². The Kier molecular flexibility index (Phi) is 5.13. The Bertz CT molecular complexity index is 795. The Balaban J connectivity index is 1.48. The second-order valence-corrected chi connectivity index (χ2v) is 6.21. The van der Waals surface area contributed by atoms with Crippen molar-refractivity contribution in [2.24, 2.45) is 5.73 Å². The number of fused-ring (bicyclic) bond motifs is 1. The maximum Gasteiger partial charge on any atom is 0.221 e. The molecule has 0 saturated carbocycles. The van der Waals surface area contributed by atoms with Crippen molar-refractivity contribution in [1.29, 1.82) is 0 Å². The van der Waals surface area contributed by atoms with Crippen molar-refractivity contribution in [3.63, 3.8) is 0 Å². The molecule has 0 fully saturated rings. The number of aromatic amines is 1. The number of halogens is 1. The average molecular weight is 343 g/mol. The Hall–Kier alpha value is -2.37. The number of imidazole rings is 1. The van der Waals surface area contributed by atoms with Crippen LogP contribution in [-0.2, 0) is 17.8 Å². The second-order valence-electron chi connectivity index (χ2n) is 5.77. The number of carbonyl (C=O) groups excluding carboxylic acids is 1. The molecule has 0 bridgehead atoms. The Morgan fingerprint density at radius 3 is 2.71 bits per heavy atom. The molecular weight excluding hydrogens is 324 g/mol. The van der Waals surface area contributed by atoms with Crippen LogP contribution in [0.25, 0.3) is 11.0 Å². The van der Waals surface area contributed by atoms with Crippen LogP contribution in [0.2, 0.25) is 5.02 Å². The topological polar surface area (TPSA) is 83.8 Å². The standard InChI is InChI=1S/C18H19ClN4O/c19-13-7-5-12(6-8-13)9-14(20)10-18(24)21-11-17-22-15-3-1-2-4-16(15)23-17/h1-8,14H,9-11,20H2,(H,21,24)(H,22,23)/t14-/m1/s1. The highest BCUT2D eigenvalue weighted by atomic mass is 35.5. The zero-order valence-corrected chi connectivity index (χ0v) is 13.9. The van der Waals surface area contributed by atoms with Gasteiger partial charge in [-0.25, -0.2) is 4.98 Å². The molecule has 1 heterocycles. The van der Waals surface area contributed by atoms with E-state index in [0.29, 0.717) is 18.0 Å². The van der Waals surface area contributed by atoms with Crippen molar-refractivity contribution < 1.29 is 4.79 Å². The zero-order chi connectivity index (χ0) is 16.9. The van der Waals surface area contributed by atoms with Gasteiger partial charge in [-0.15, -0.1) is 0 Å². The van der Waals surface area contributed by atoms with Crippen LogP contribution < -0.4 is 11.1 Å². The number of rotatable bonds is 6. The molecule has 1 atom stereocenters. The van der Waals surface area contributed by atoms with E-state index in [0.717, 1.165) is 22.4 Å². The van der Waals surface area contributed by atoms with Crippen molar-refractivity contribution in [3.8, 4) is 0 Å². The second kappa shape index (κ2) is 7.47. The summed E-state index contributed by atoms with van der Waals surface area (Å²) in [7, 11) is 0. The molecule has 0 radical (unpaired) electrons. The maximum atomic E-state index is 12.0. The van der Waals surface area contributed by atoms with Crippen LogP contribution >= 0.6 is 11.6 Å². The van der Waals surface area contributed by atoms with Gasteiger partial charge >= 0.3 is 0 Å². The largest absolute Gasteiger partial charge is 0.349 e. The van der Waals surface area contributed by atoms with E-state index >= 15 is 0 Å². The van der Waals surface area contributed by atoms with Crippen molar-refractivity contribution in [1.82, 2.24) is 15.3 Å². The first kappa shape index (κ1) is 16.5. The Morgan fingerprint density at radius 2 is 1.96 bits per heavy atom. The summed E-state index contributed by atoms with van der Waals surface area (Å²) in [6.07, 6.45) is 0.901. The maximum absolute atomic E-state index is 12.0. The van der Waals surface area contributed by atoms with Gasteiger partial charge in [-0.1, -0.05) is 35.9 Å². The van der Waals surface area contributed by atoms with Gasteiger partial charge in [-0.2, -0.15) is 0 Å². The molecule has 0 aliphatic rings. The van der Waals surface area contributed by atoms with E-state index in [1.165, 1.54) is 0 Å². The smallest absolute Gasteiger partial charge is 0.221 e. The van der Waals surface area contributed by atoms with Gasteiger partial charge in [0.2, 0.25) is 5.91 Å². The highest BCUT2D eigenvalue weighted by Gasteiger charge is 2.11. The molecule has 0 unspecified atom stereocenters. The number of hydrogen-bond acceptors (Lipinski definition) is 3. The average Bonchev–Trinajstić information content (AvgIpc) is 2.98. The number of hydrogen-bond donors (Lipinski definition) is 3. The lowest BCUT2D eigenvalue weighted by Crippen LogP contribution is -2.33. The molecule has 0 saturated heterocycles. The number of aromatic nitrogens is 2. The third kappa shape index (κ3) is 4.34. The number of nitrogens with one attached hydrogen (secondary N) is 2. The highest BCUT2D eigenvalue weighted by Crippen LogP contribution is 2.12. The normalized spacial score (nSPS) is 12.2. The summed E-state index contributed by atoms with van der Waals surface area (Å²) >= 11 is 5.86. The predicted molar refractivity (Wildman–Crippen MR) is 95.7 cm³/mol. The lowest BCUT2D eigenvalue weighted by Gasteiger charge is -2.11. The first-order valence-electron chi connectivity index (χ1n) is 7.80. The molecular formula is C18H19ClN4O. The lowest BCUT2D eigenvalue weighted by atomic mass is 10.0. The van der Waals surface area contributed by atoms with Gasteiger partial charge < -0.3 is 16.0 Å². The van der Waals surface area contributed by atoms with Crippen molar-refractivity contribution >= 4 is 28.5 Å². The molecule has 3 aromatic rings. The van der Waals surface area contributed by atoms with Crippen LogP contribution in [0, 0.1) is 0 Å². The molecule has 6 heteroatoms. The molecule has 1 aromatic heterocycles. The summed E-state index contributed by atoms with van der Waals surface area (Å²) in [5, 5.41) is 3.54. The van der Waals surface area contributed by atoms with Gasteiger partial charge in [0.15, 0.2) is 0 Å². The van der Waals surface area contributed by atoms with Crippen LogP contribution in [-0.4, -0.2) is 21.9 Å². The van der Waals surface area contributed by atoms with Gasteiger partial charge in [0, 0.05) is 17.5 Å². The quantitative estimate of drug-likeness (QED) is 0.644. The van der Waals surface area contributed by atoms with Gasteiger partial charge in [0.1, 0.15) is 5.82 Å². The van der Waals surface area contributed by atoms with E-state index in [9.17, 15) is 4.79 Å². The molecule has 124 valence electrons. The molecule has 3 rings (SSSR count). The lowest BCUT2D eigenvalue weighted by molar-refractivity contribution is -0.121. The highest BCUT2D eigenvalue weighted by molar-refractivity contribution is 6.30. The number of nitrogens with two attached hydrogens (primary N) is 1. The number of H-pyrrole nitrogens is 1. The molecule has 2 aromatic carbocycles. The minimum atomic E-state index is -0.234. The molecule has 0 spiro atoms. The Labute approximate surface area is 145 Å². The fraction of sp³-hybridized carbons (Fsp3) is 0.222. The fourth-order valence-electron chi connectivity index (χ4n) is 2.58. The number of benzene rings is 2. The summed E-state index contributed by atoms with van der Waals surface area (Å²) in [5.41, 5.74) is 8.97. The minimum Gasteiger partial charge on any atom is -0.349 e. The monoisotopic (exact) mass is 342 g/mol. The molecule has 4 N–H and O–H groups in total. The molecule has 5 nitrogen and oxygen atoms in total. The van der Waals surface area contributed by atoms with Crippen molar-refractivity contribution in [3.05, 3.63) is 64.9 Å². The summed E-state index contributed by atoms with van der Waals surface area (Å²) < 4.78 is 0. The summed E-state index contributed by atoms with van der Waals surface area (Å²) in [6, 6.07) is 15.0. The zero-order valence-electron chi connectivity index (χ0n) is 13.1.